The highest BCUT2D eigenvalue weighted by molar-refractivity contribution is 7.86. The molecule has 0 bridgehead atoms. The van der Waals surface area contributed by atoms with Crippen LogP contribution in [0.1, 0.15) is 13.3 Å². The minimum atomic E-state index is -4.13. The fourth-order valence-corrected chi connectivity index (χ4v) is 2.88. The topological polar surface area (TPSA) is 80.4 Å². The van der Waals surface area contributed by atoms with Crippen LogP contribution in [0.5, 0.6) is 0 Å². The van der Waals surface area contributed by atoms with Crippen molar-refractivity contribution in [3.05, 3.63) is 66.8 Å². The normalized spacial score (nSPS) is 20.5. The SMILES string of the molecule is CC1(N)C=CC=CC1.O=S(=O)(O)c1cccc2ccccc12. The fraction of sp³-hybridized carbons (Fsp3) is 0.176. The smallest absolute Gasteiger partial charge is 0.295 e. The Hall–Kier alpha value is -1.95. The summed E-state index contributed by atoms with van der Waals surface area (Å²) in [6, 6.07) is 11.8. The van der Waals surface area contributed by atoms with Crippen molar-refractivity contribution in [2.75, 3.05) is 0 Å². The van der Waals surface area contributed by atoms with Crippen molar-refractivity contribution < 1.29 is 13.0 Å². The van der Waals surface area contributed by atoms with Crippen LogP contribution in [0.2, 0.25) is 0 Å². The van der Waals surface area contributed by atoms with Gasteiger partial charge in [-0.2, -0.15) is 8.42 Å². The molecule has 0 saturated carbocycles. The third-order valence-electron chi connectivity index (χ3n) is 3.31. The Bertz CT molecular complexity index is 815. The minimum absolute atomic E-state index is 0.0457. The molecule has 1 unspecified atom stereocenters. The van der Waals surface area contributed by atoms with E-state index in [-0.39, 0.29) is 10.4 Å². The molecule has 2 aromatic rings. The summed E-state index contributed by atoms with van der Waals surface area (Å²) in [6.45, 7) is 2.02. The lowest BCUT2D eigenvalue weighted by molar-refractivity contribution is 0.484. The van der Waals surface area contributed by atoms with Gasteiger partial charge in [0.1, 0.15) is 4.90 Å². The van der Waals surface area contributed by atoms with E-state index < -0.39 is 10.1 Å². The maximum atomic E-state index is 11.0. The van der Waals surface area contributed by atoms with Crippen molar-refractivity contribution in [2.45, 2.75) is 23.8 Å². The van der Waals surface area contributed by atoms with Crippen LogP contribution in [0.3, 0.4) is 0 Å². The number of hydrogen-bond donors (Lipinski definition) is 2. The van der Waals surface area contributed by atoms with Crippen molar-refractivity contribution in [1.82, 2.24) is 0 Å². The van der Waals surface area contributed by atoms with Gasteiger partial charge in [-0.25, -0.2) is 0 Å². The van der Waals surface area contributed by atoms with E-state index in [9.17, 15) is 8.42 Å². The third-order valence-corrected chi connectivity index (χ3v) is 4.22. The second-order valence-electron chi connectivity index (χ2n) is 5.45. The number of hydrogen-bond acceptors (Lipinski definition) is 3. The Morgan fingerprint density at radius 2 is 1.77 bits per heavy atom. The van der Waals surface area contributed by atoms with Gasteiger partial charge in [0.15, 0.2) is 0 Å². The van der Waals surface area contributed by atoms with Gasteiger partial charge in [0.2, 0.25) is 0 Å². The van der Waals surface area contributed by atoms with E-state index in [4.69, 9.17) is 10.3 Å². The summed E-state index contributed by atoms with van der Waals surface area (Å²) in [4.78, 5) is -0.0457. The van der Waals surface area contributed by atoms with Gasteiger partial charge in [-0.1, -0.05) is 60.7 Å². The van der Waals surface area contributed by atoms with Gasteiger partial charge in [-0.05, 0) is 24.8 Å². The first kappa shape index (κ1) is 16.4. The van der Waals surface area contributed by atoms with E-state index in [0.29, 0.717) is 5.39 Å². The summed E-state index contributed by atoms with van der Waals surface area (Å²) >= 11 is 0. The molecule has 0 spiro atoms. The van der Waals surface area contributed by atoms with Crippen LogP contribution < -0.4 is 5.73 Å². The molecule has 2 aromatic carbocycles. The number of fused-ring (bicyclic) bond motifs is 1. The average molecular weight is 317 g/mol. The van der Waals surface area contributed by atoms with Gasteiger partial charge < -0.3 is 5.73 Å². The van der Waals surface area contributed by atoms with Gasteiger partial charge in [0.05, 0.1) is 0 Å². The van der Waals surface area contributed by atoms with Gasteiger partial charge in [-0.15, -0.1) is 0 Å². The first-order chi connectivity index (χ1) is 10.3. The number of benzene rings is 2. The van der Waals surface area contributed by atoms with E-state index in [0.717, 1.165) is 11.8 Å². The van der Waals surface area contributed by atoms with E-state index >= 15 is 0 Å². The van der Waals surface area contributed by atoms with Gasteiger partial charge >= 0.3 is 0 Å². The first-order valence-corrected chi connectivity index (χ1v) is 8.32. The van der Waals surface area contributed by atoms with Crippen LogP contribution in [0.15, 0.2) is 71.7 Å². The molecule has 0 heterocycles. The lowest BCUT2D eigenvalue weighted by Crippen LogP contribution is -2.33. The molecule has 22 heavy (non-hydrogen) atoms. The van der Waals surface area contributed by atoms with Crippen molar-refractivity contribution >= 4 is 20.9 Å². The molecule has 0 aromatic heterocycles. The summed E-state index contributed by atoms with van der Waals surface area (Å²) in [5.74, 6) is 0. The van der Waals surface area contributed by atoms with E-state index in [1.807, 2.05) is 31.2 Å². The van der Waals surface area contributed by atoms with Crippen molar-refractivity contribution in [1.29, 1.82) is 0 Å². The Balaban J connectivity index is 0.000000188. The Morgan fingerprint density at radius 1 is 1.09 bits per heavy atom. The van der Waals surface area contributed by atoms with Crippen LogP contribution in [0, 0.1) is 0 Å². The fourth-order valence-electron chi connectivity index (χ4n) is 2.16. The maximum Gasteiger partial charge on any atom is 0.295 e. The molecule has 3 N–H and O–H groups in total. The van der Waals surface area contributed by atoms with E-state index in [1.165, 1.54) is 6.07 Å². The second-order valence-corrected chi connectivity index (χ2v) is 6.84. The zero-order valence-corrected chi connectivity index (χ0v) is 13.1. The van der Waals surface area contributed by atoms with E-state index in [2.05, 4.69) is 6.08 Å². The molecule has 3 rings (SSSR count). The molecular formula is C17H19NO3S. The van der Waals surface area contributed by atoms with Crippen molar-refractivity contribution in [3.63, 3.8) is 0 Å². The molecule has 1 atom stereocenters. The Kier molecular flexibility index (Phi) is 4.81. The molecular weight excluding hydrogens is 298 g/mol. The monoisotopic (exact) mass is 317 g/mol. The maximum absolute atomic E-state index is 11.0. The molecule has 0 fully saturated rings. The highest BCUT2D eigenvalue weighted by atomic mass is 32.2. The molecule has 0 amide bonds. The summed E-state index contributed by atoms with van der Waals surface area (Å²) in [5, 5.41) is 1.33. The average Bonchev–Trinajstić information content (AvgIpc) is 2.46. The van der Waals surface area contributed by atoms with Crippen LogP contribution >= 0.6 is 0 Å². The van der Waals surface area contributed by atoms with E-state index in [1.54, 1.807) is 30.3 Å². The summed E-state index contributed by atoms with van der Waals surface area (Å²) in [7, 11) is -4.13. The molecule has 0 aliphatic heterocycles. The van der Waals surface area contributed by atoms with Gasteiger partial charge in [-0.3, -0.25) is 4.55 Å². The Labute approximate surface area is 130 Å². The van der Waals surface area contributed by atoms with Crippen LogP contribution in [-0.4, -0.2) is 18.5 Å². The highest BCUT2D eigenvalue weighted by Crippen LogP contribution is 2.22. The number of allylic oxidation sites excluding steroid dienone is 2. The minimum Gasteiger partial charge on any atom is -0.322 e. The lowest BCUT2D eigenvalue weighted by Gasteiger charge is -2.19. The van der Waals surface area contributed by atoms with Crippen LogP contribution in [0.25, 0.3) is 10.8 Å². The molecule has 0 saturated heterocycles. The van der Waals surface area contributed by atoms with Crippen molar-refractivity contribution in [3.8, 4) is 0 Å². The third kappa shape index (κ3) is 4.27. The molecule has 4 nitrogen and oxygen atoms in total. The number of rotatable bonds is 1. The quantitative estimate of drug-likeness (QED) is 0.791. The molecule has 1 aliphatic rings. The molecule has 116 valence electrons. The summed E-state index contributed by atoms with van der Waals surface area (Å²) in [6.07, 6.45) is 9.08. The van der Waals surface area contributed by atoms with Gasteiger partial charge in [0.25, 0.3) is 10.1 Å². The van der Waals surface area contributed by atoms with Crippen molar-refractivity contribution in [2.24, 2.45) is 5.73 Å². The Morgan fingerprint density at radius 3 is 2.32 bits per heavy atom. The lowest BCUT2D eigenvalue weighted by atomic mass is 9.95. The van der Waals surface area contributed by atoms with Gasteiger partial charge in [0, 0.05) is 10.9 Å². The predicted molar refractivity (Wildman–Crippen MR) is 89.3 cm³/mol. The summed E-state index contributed by atoms with van der Waals surface area (Å²) in [5.41, 5.74) is 5.65. The molecule has 5 heteroatoms. The van der Waals surface area contributed by atoms with Crippen LogP contribution in [-0.2, 0) is 10.1 Å². The first-order valence-electron chi connectivity index (χ1n) is 6.88. The highest BCUT2D eigenvalue weighted by Gasteiger charge is 2.13. The molecule has 1 aliphatic carbocycles. The zero-order chi connectivity index (χ0) is 16.2. The molecule has 0 radical (unpaired) electrons. The summed E-state index contributed by atoms with van der Waals surface area (Å²) < 4.78 is 31.0. The predicted octanol–water partition coefficient (Wildman–Crippen LogP) is 3.31. The standard InChI is InChI=1S/C10H8O3S.C7H11N/c11-14(12,13)10-7-3-5-8-4-1-2-6-9(8)10;1-7(8)5-3-2-4-6-7/h1-7H,(H,11,12,13);2-5H,6,8H2,1H3. The second kappa shape index (κ2) is 6.44. The number of nitrogens with two attached hydrogens (primary N) is 1. The van der Waals surface area contributed by atoms with Crippen LogP contribution in [0.4, 0.5) is 0 Å². The zero-order valence-electron chi connectivity index (χ0n) is 12.3. The largest absolute Gasteiger partial charge is 0.322 e.